The number of carbonyl (C=O) groups excluding carboxylic acids is 1. The van der Waals surface area contributed by atoms with E-state index in [1.165, 1.54) is 22.3 Å². The molecule has 1 aromatic heterocycles. The van der Waals surface area contributed by atoms with E-state index in [-0.39, 0.29) is 23.8 Å². The van der Waals surface area contributed by atoms with Gasteiger partial charge in [-0.3, -0.25) is 4.79 Å². The minimum Gasteiger partial charge on any atom is -0.315 e. The summed E-state index contributed by atoms with van der Waals surface area (Å²) >= 11 is 1.42. The molecule has 0 unspecified atom stereocenters. The maximum absolute atomic E-state index is 12.3. The van der Waals surface area contributed by atoms with E-state index >= 15 is 0 Å². The summed E-state index contributed by atoms with van der Waals surface area (Å²) in [5.74, 6) is -0.0317. The number of likely N-dealkylation sites (N-methyl/N-ethyl adjacent to an activating group) is 1. The van der Waals surface area contributed by atoms with Crippen LogP contribution >= 0.6 is 11.3 Å². The Balaban J connectivity index is 1.81. The van der Waals surface area contributed by atoms with E-state index in [0.717, 1.165) is 22.0 Å². The Kier molecular flexibility index (Phi) is 3.75. The molecular formula is C14H15N3O3S2. The van der Waals surface area contributed by atoms with E-state index in [4.69, 9.17) is 0 Å². The lowest BCUT2D eigenvalue weighted by atomic mass is 10.2. The van der Waals surface area contributed by atoms with Crippen molar-refractivity contribution in [1.29, 1.82) is 0 Å². The molecule has 0 aliphatic carbocycles. The van der Waals surface area contributed by atoms with E-state index in [1.807, 2.05) is 12.3 Å². The fraction of sp³-hybridized carbons (Fsp3) is 0.286. The van der Waals surface area contributed by atoms with Crippen LogP contribution in [0.1, 0.15) is 16.3 Å². The first-order chi connectivity index (χ1) is 10.4. The number of rotatable bonds is 4. The highest BCUT2D eigenvalue weighted by Crippen LogP contribution is 2.29. The van der Waals surface area contributed by atoms with Crippen LogP contribution in [0.5, 0.6) is 0 Å². The maximum Gasteiger partial charge on any atom is 0.240 e. The van der Waals surface area contributed by atoms with Gasteiger partial charge in [0, 0.05) is 23.8 Å². The molecule has 1 aliphatic rings. The van der Waals surface area contributed by atoms with Crippen LogP contribution < -0.4 is 9.62 Å². The zero-order chi connectivity index (χ0) is 15.9. The van der Waals surface area contributed by atoms with Crippen LogP contribution in [-0.4, -0.2) is 26.4 Å². The highest BCUT2D eigenvalue weighted by atomic mass is 32.2. The number of anilines is 1. The molecule has 0 saturated carbocycles. The highest BCUT2D eigenvalue weighted by molar-refractivity contribution is 7.89. The van der Waals surface area contributed by atoms with Gasteiger partial charge >= 0.3 is 0 Å². The van der Waals surface area contributed by atoms with E-state index < -0.39 is 10.0 Å². The Bertz CT molecular complexity index is 843. The molecule has 0 atom stereocenters. The number of hydrogen-bond donors (Lipinski definition) is 1. The summed E-state index contributed by atoms with van der Waals surface area (Å²) in [6, 6.07) is 4.75. The topological polar surface area (TPSA) is 79.4 Å². The fourth-order valence-electron chi connectivity index (χ4n) is 2.34. The molecule has 1 aliphatic heterocycles. The van der Waals surface area contributed by atoms with Crippen LogP contribution in [0.2, 0.25) is 0 Å². The second-order valence-corrected chi connectivity index (χ2v) is 7.84. The van der Waals surface area contributed by atoms with Crippen molar-refractivity contribution in [1.82, 2.24) is 9.71 Å². The van der Waals surface area contributed by atoms with Crippen molar-refractivity contribution < 1.29 is 13.2 Å². The number of nitrogens with zero attached hydrogens (tertiary/aromatic N) is 2. The van der Waals surface area contributed by atoms with Gasteiger partial charge in [0.25, 0.3) is 0 Å². The summed E-state index contributed by atoms with van der Waals surface area (Å²) in [7, 11) is -1.93. The van der Waals surface area contributed by atoms with Gasteiger partial charge in [0.15, 0.2) is 0 Å². The summed E-state index contributed by atoms with van der Waals surface area (Å²) in [6.45, 7) is 2.03. The molecule has 0 saturated heterocycles. The van der Waals surface area contributed by atoms with Gasteiger partial charge < -0.3 is 4.90 Å². The molecule has 2 aromatic rings. The molecule has 22 heavy (non-hydrogen) atoms. The molecule has 0 spiro atoms. The van der Waals surface area contributed by atoms with Gasteiger partial charge in [-0.1, -0.05) is 0 Å². The summed E-state index contributed by atoms with van der Waals surface area (Å²) < 4.78 is 27.2. The lowest BCUT2D eigenvalue weighted by Gasteiger charge is -2.11. The van der Waals surface area contributed by atoms with E-state index in [2.05, 4.69) is 9.71 Å². The third-order valence-corrected chi connectivity index (χ3v) is 5.88. The molecule has 6 nitrogen and oxygen atoms in total. The van der Waals surface area contributed by atoms with Gasteiger partial charge in [0.05, 0.1) is 17.9 Å². The number of aromatic nitrogens is 1. The Morgan fingerprint density at radius 3 is 2.86 bits per heavy atom. The number of nitrogens with one attached hydrogen (secondary N) is 1. The maximum atomic E-state index is 12.3. The van der Waals surface area contributed by atoms with Crippen LogP contribution in [0.15, 0.2) is 28.5 Å². The van der Waals surface area contributed by atoms with Crippen LogP contribution in [-0.2, 0) is 27.8 Å². The summed E-state index contributed by atoms with van der Waals surface area (Å²) in [5.41, 5.74) is 2.37. The third-order valence-electron chi connectivity index (χ3n) is 3.52. The van der Waals surface area contributed by atoms with E-state index in [1.54, 1.807) is 19.2 Å². The molecule has 2 heterocycles. The molecule has 116 valence electrons. The normalized spacial score (nSPS) is 14.5. The predicted octanol–water partition coefficient (Wildman–Crippen LogP) is 1.45. The van der Waals surface area contributed by atoms with Gasteiger partial charge in [0.1, 0.15) is 5.01 Å². The number of aryl methyl sites for hydroxylation is 1. The first-order valence-electron chi connectivity index (χ1n) is 6.67. The Labute approximate surface area is 132 Å². The number of fused-ring (bicyclic) bond motifs is 1. The minimum atomic E-state index is -3.62. The average molecular weight is 337 g/mol. The van der Waals surface area contributed by atoms with Gasteiger partial charge in [-0.2, -0.15) is 0 Å². The van der Waals surface area contributed by atoms with Crippen LogP contribution in [0.25, 0.3) is 0 Å². The van der Waals surface area contributed by atoms with Crippen LogP contribution in [0, 0.1) is 6.92 Å². The first kappa shape index (κ1) is 15.1. The number of amides is 1. The highest BCUT2D eigenvalue weighted by Gasteiger charge is 2.26. The van der Waals surface area contributed by atoms with Gasteiger partial charge in [-0.25, -0.2) is 18.1 Å². The summed E-state index contributed by atoms with van der Waals surface area (Å²) in [4.78, 5) is 17.6. The number of benzene rings is 1. The molecule has 1 N–H and O–H groups in total. The SMILES string of the molecule is Cc1csc(CNS(=O)(=O)c2ccc3c(c2)CC(=O)N3C)n1. The number of carbonyl (C=O) groups is 1. The largest absolute Gasteiger partial charge is 0.315 e. The minimum absolute atomic E-state index is 0.0317. The lowest BCUT2D eigenvalue weighted by molar-refractivity contribution is -0.117. The van der Waals surface area contributed by atoms with E-state index in [9.17, 15) is 13.2 Å². The standard InChI is InChI=1S/C14H15N3O3S2/c1-9-8-21-13(16-9)7-15-22(19,20)11-3-4-12-10(5-11)6-14(18)17(12)2/h3-5,8,15H,6-7H2,1-2H3. The quantitative estimate of drug-likeness (QED) is 0.916. The van der Waals surface area contributed by atoms with Gasteiger partial charge in [-0.15, -0.1) is 11.3 Å². The third kappa shape index (κ3) is 2.77. The molecule has 1 aromatic carbocycles. The molecule has 3 rings (SSSR count). The molecule has 8 heteroatoms. The molecule has 0 fully saturated rings. The van der Waals surface area contributed by atoms with Crippen molar-refractivity contribution in [3.05, 3.63) is 39.8 Å². The Morgan fingerprint density at radius 1 is 1.41 bits per heavy atom. The summed E-state index contributed by atoms with van der Waals surface area (Å²) in [6.07, 6.45) is 0.237. The van der Waals surface area contributed by atoms with Crippen molar-refractivity contribution in [3.8, 4) is 0 Å². The Hall–Kier alpha value is -1.77. The fourth-order valence-corrected chi connectivity index (χ4v) is 4.18. The van der Waals surface area contributed by atoms with Crippen molar-refractivity contribution in [2.75, 3.05) is 11.9 Å². The van der Waals surface area contributed by atoms with E-state index in [0.29, 0.717) is 0 Å². The van der Waals surface area contributed by atoms with Crippen LogP contribution in [0.4, 0.5) is 5.69 Å². The zero-order valence-electron chi connectivity index (χ0n) is 12.2. The van der Waals surface area contributed by atoms with Gasteiger partial charge in [-0.05, 0) is 30.7 Å². The van der Waals surface area contributed by atoms with Crippen molar-refractivity contribution in [2.45, 2.75) is 24.8 Å². The van der Waals surface area contributed by atoms with Crippen LogP contribution in [0.3, 0.4) is 0 Å². The monoisotopic (exact) mass is 337 g/mol. The van der Waals surface area contributed by atoms with Crippen molar-refractivity contribution >= 4 is 33.0 Å². The average Bonchev–Trinajstić information content (AvgIpc) is 3.01. The smallest absolute Gasteiger partial charge is 0.240 e. The zero-order valence-corrected chi connectivity index (χ0v) is 13.8. The number of thiazole rings is 1. The number of hydrogen-bond acceptors (Lipinski definition) is 5. The summed E-state index contributed by atoms with van der Waals surface area (Å²) in [5, 5.41) is 2.60. The predicted molar refractivity (Wildman–Crippen MR) is 84.4 cm³/mol. The second kappa shape index (κ2) is 5.45. The lowest BCUT2D eigenvalue weighted by Crippen LogP contribution is -2.23. The van der Waals surface area contributed by atoms with Crippen molar-refractivity contribution in [2.24, 2.45) is 0 Å². The molecular weight excluding hydrogens is 322 g/mol. The number of sulfonamides is 1. The Morgan fingerprint density at radius 2 is 2.18 bits per heavy atom. The van der Waals surface area contributed by atoms with Crippen molar-refractivity contribution in [3.63, 3.8) is 0 Å². The molecule has 0 radical (unpaired) electrons. The first-order valence-corrected chi connectivity index (χ1v) is 9.03. The molecule has 1 amide bonds. The van der Waals surface area contributed by atoms with Gasteiger partial charge in [0.2, 0.25) is 15.9 Å². The molecule has 0 bridgehead atoms. The second-order valence-electron chi connectivity index (χ2n) is 5.13.